The summed E-state index contributed by atoms with van der Waals surface area (Å²) in [6, 6.07) is 8.24. The zero-order valence-corrected chi connectivity index (χ0v) is 14.5. The smallest absolute Gasteiger partial charge is 0.253 e. The number of likely N-dealkylation sites (tertiary alicyclic amines) is 1. The molecule has 0 aliphatic carbocycles. The molecule has 1 atom stereocenters. The molecule has 5 heteroatoms. The highest BCUT2D eigenvalue weighted by molar-refractivity contribution is 5.94. The van der Waals surface area contributed by atoms with Crippen molar-refractivity contribution in [1.82, 2.24) is 9.80 Å². The van der Waals surface area contributed by atoms with Gasteiger partial charge < -0.3 is 19.8 Å². The van der Waals surface area contributed by atoms with E-state index in [1.165, 1.54) is 0 Å². The number of anilines is 1. The lowest BCUT2D eigenvalue weighted by atomic mass is 10.1. The topological polar surface area (TPSA) is 47.0 Å². The van der Waals surface area contributed by atoms with Gasteiger partial charge in [-0.1, -0.05) is 0 Å². The Balaban J connectivity index is 2.00. The molecule has 0 saturated carbocycles. The van der Waals surface area contributed by atoms with E-state index in [9.17, 15) is 4.79 Å². The normalized spacial score (nSPS) is 18.8. The number of rotatable bonds is 5. The van der Waals surface area contributed by atoms with E-state index in [2.05, 4.69) is 19.0 Å². The quantitative estimate of drug-likeness (QED) is 0.897. The van der Waals surface area contributed by atoms with E-state index in [4.69, 9.17) is 5.11 Å². The Morgan fingerprint density at radius 1 is 1.17 bits per heavy atom. The highest BCUT2D eigenvalue weighted by Crippen LogP contribution is 2.19. The third-order valence-corrected chi connectivity index (χ3v) is 4.71. The van der Waals surface area contributed by atoms with Crippen molar-refractivity contribution in [3.63, 3.8) is 0 Å². The molecule has 5 nitrogen and oxygen atoms in total. The molecule has 1 aliphatic heterocycles. The summed E-state index contributed by atoms with van der Waals surface area (Å²) in [4.78, 5) is 18.9. The first-order valence-corrected chi connectivity index (χ1v) is 8.40. The fourth-order valence-electron chi connectivity index (χ4n) is 3.12. The number of aliphatic hydroxyl groups is 1. The number of likely N-dealkylation sites (N-methyl/N-ethyl adjacent to an activating group) is 1. The van der Waals surface area contributed by atoms with Crippen LogP contribution in [0.4, 0.5) is 5.69 Å². The van der Waals surface area contributed by atoms with Crippen LogP contribution in [0.5, 0.6) is 0 Å². The summed E-state index contributed by atoms with van der Waals surface area (Å²) in [5, 5.41) is 8.99. The average molecular weight is 319 g/mol. The van der Waals surface area contributed by atoms with Crippen LogP contribution in [0.3, 0.4) is 0 Å². The van der Waals surface area contributed by atoms with Crippen LogP contribution in [0.25, 0.3) is 0 Å². The van der Waals surface area contributed by atoms with E-state index < -0.39 is 0 Å². The average Bonchev–Trinajstić information content (AvgIpc) is 2.81. The molecular formula is C18H29N3O2. The van der Waals surface area contributed by atoms with Crippen molar-refractivity contribution in [2.75, 3.05) is 52.3 Å². The molecule has 1 N–H and O–H groups in total. The van der Waals surface area contributed by atoms with Crippen LogP contribution >= 0.6 is 0 Å². The fraction of sp³-hybridized carbons (Fsp3) is 0.611. The first-order chi connectivity index (χ1) is 11.0. The van der Waals surface area contributed by atoms with Crippen LogP contribution in [0, 0.1) is 0 Å². The Labute approximate surface area is 139 Å². The number of aliphatic hydroxyl groups excluding tert-OH is 1. The molecule has 2 rings (SSSR count). The molecule has 1 aromatic rings. The first-order valence-electron chi connectivity index (χ1n) is 8.40. The molecular weight excluding hydrogens is 290 g/mol. The summed E-state index contributed by atoms with van der Waals surface area (Å²) >= 11 is 0. The maximum atomic E-state index is 12.7. The lowest BCUT2D eigenvalue weighted by Crippen LogP contribution is -2.33. The van der Waals surface area contributed by atoms with Crippen molar-refractivity contribution in [2.24, 2.45) is 0 Å². The van der Waals surface area contributed by atoms with Gasteiger partial charge in [-0.05, 0) is 57.6 Å². The molecule has 0 radical (unpaired) electrons. The molecule has 1 saturated heterocycles. The van der Waals surface area contributed by atoms with Crippen molar-refractivity contribution in [1.29, 1.82) is 0 Å². The van der Waals surface area contributed by atoms with Crippen LogP contribution < -0.4 is 4.90 Å². The molecule has 128 valence electrons. The lowest BCUT2D eigenvalue weighted by molar-refractivity contribution is 0.0758. The van der Waals surface area contributed by atoms with Gasteiger partial charge in [-0.15, -0.1) is 0 Å². The third kappa shape index (κ3) is 4.69. The molecule has 0 spiro atoms. The second-order valence-electron chi connectivity index (χ2n) is 6.53. The van der Waals surface area contributed by atoms with E-state index >= 15 is 0 Å². The Bertz CT molecular complexity index is 501. The van der Waals surface area contributed by atoms with Crippen LogP contribution in [0.15, 0.2) is 24.3 Å². The number of hydrogen-bond donors (Lipinski definition) is 1. The highest BCUT2D eigenvalue weighted by atomic mass is 16.3. The number of hydrogen-bond acceptors (Lipinski definition) is 4. The van der Waals surface area contributed by atoms with Crippen molar-refractivity contribution in [2.45, 2.75) is 25.3 Å². The Hall–Kier alpha value is -1.59. The minimum absolute atomic E-state index is 0.123. The number of benzene rings is 1. The Morgan fingerprint density at radius 3 is 2.48 bits per heavy atom. The van der Waals surface area contributed by atoms with Crippen molar-refractivity contribution >= 4 is 11.6 Å². The van der Waals surface area contributed by atoms with Gasteiger partial charge in [-0.3, -0.25) is 4.79 Å². The molecule has 0 unspecified atom stereocenters. The lowest BCUT2D eigenvalue weighted by Gasteiger charge is -2.24. The van der Waals surface area contributed by atoms with Crippen molar-refractivity contribution < 1.29 is 9.90 Å². The Morgan fingerprint density at radius 2 is 1.87 bits per heavy atom. The van der Waals surface area contributed by atoms with Crippen LogP contribution in [0.1, 0.15) is 29.6 Å². The summed E-state index contributed by atoms with van der Waals surface area (Å²) < 4.78 is 0. The summed E-state index contributed by atoms with van der Waals surface area (Å²) in [7, 11) is 6.16. The van der Waals surface area contributed by atoms with Gasteiger partial charge >= 0.3 is 0 Å². The minimum atomic E-state index is 0.123. The molecule has 1 fully saturated rings. The van der Waals surface area contributed by atoms with E-state index in [0.29, 0.717) is 12.6 Å². The summed E-state index contributed by atoms with van der Waals surface area (Å²) in [6.45, 7) is 2.38. The summed E-state index contributed by atoms with van der Waals surface area (Å²) in [5.41, 5.74) is 1.76. The number of carbonyl (C=O) groups is 1. The molecule has 0 aromatic heterocycles. The van der Waals surface area contributed by atoms with Crippen LogP contribution in [-0.4, -0.2) is 74.2 Å². The standard InChI is InChI=1S/C18H29N3O2/c1-19(2)16-5-4-11-21(12-10-16)18(23)15-6-8-17(9-7-15)20(3)13-14-22/h6-9,16,22H,4-5,10-14H2,1-3H3/t16-/m0/s1. The summed E-state index contributed by atoms with van der Waals surface area (Å²) in [5.74, 6) is 0.126. The highest BCUT2D eigenvalue weighted by Gasteiger charge is 2.22. The van der Waals surface area contributed by atoms with E-state index in [1.807, 2.05) is 41.1 Å². The molecule has 1 amide bonds. The zero-order chi connectivity index (χ0) is 16.8. The second-order valence-corrected chi connectivity index (χ2v) is 6.53. The van der Waals surface area contributed by atoms with Gasteiger partial charge in [0, 0.05) is 44.0 Å². The second kappa shape index (κ2) is 8.31. The van der Waals surface area contributed by atoms with Crippen molar-refractivity contribution in [3.05, 3.63) is 29.8 Å². The largest absolute Gasteiger partial charge is 0.395 e. The molecule has 1 aliphatic rings. The van der Waals surface area contributed by atoms with Gasteiger partial charge in [0.2, 0.25) is 0 Å². The first kappa shape index (κ1) is 17.8. The maximum absolute atomic E-state index is 12.7. The van der Waals surface area contributed by atoms with Gasteiger partial charge in [-0.25, -0.2) is 0 Å². The molecule has 1 heterocycles. The van der Waals surface area contributed by atoms with Crippen LogP contribution in [0.2, 0.25) is 0 Å². The molecule has 0 bridgehead atoms. The number of nitrogens with zero attached hydrogens (tertiary/aromatic N) is 3. The third-order valence-electron chi connectivity index (χ3n) is 4.71. The fourth-order valence-corrected chi connectivity index (χ4v) is 3.12. The van der Waals surface area contributed by atoms with E-state index in [0.717, 1.165) is 43.6 Å². The SMILES string of the molecule is CN(CCO)c1ccc(C(=O)N2CCC[C@H](N(C)C)CC2)cc1. The van der Waals surface area contributed by atoms with Gasteiger partial charge in [0.05, 0.1) is 6.61 Å². The van der Waals surface area contributed by atoms with Gasteiger partial charge in [0.1, 0.15) is 0 Å². The predicted molar refractivity (Wildman–Crippen MR) is 94.0 cm³/mol. The van der Waals surface area contributed by atoms with Gasteiger partial charge in [-0.2, -0.15) is 0 Å². The van der Waals surface area contributed by atoms with Gasteiger partial charge in [0.25, 0.3) is 5.91 Å². The molecule has 23 heavy (non-hydrogen) atoms. The van der Waals surface area contributed by atoms with E-state index in [-0.39, 0.29) is 12.5 Å². The summed E-state index contributed by atoms with van der Waals surface area (Å²) in [6.07, 6.45) is 3.25. The maximum Gasteiger partial charge on any atom is 0.253 e. The molecule has 1 aromatic carbocycles. The van der Waals surface area contributed by atoms with Gasteiger partial charge in [0.15, 0.2) is 0 Å². The predicted octanol–water partition coefficient (Wildman–Crippen LogP) is 1.67. The Kier molecular flexibility index (Phi) is 6.42. The van der Waals surface area contributed by atoms with E-state index in [1.54, 1.807) is 0 Å². The zero-order valence-electron chi connectivity index (χ0n) is 14.5. The van der Waals surface area contributed by atoms with Crippen molar-refractivity contribution in [3.8, 4) is 0 Å². The van der Waals surface area contributed by atoms with Crippen LogP contribution in [-0.2, 0) is 0 Å². The minimum Gasteiger partial charge on any atom is -0.395 e. The number of carbonyl (C=O) groups excluding carboxylic acids is 1. The number of amides is 1. The monoisotopic (exact) mass is 319 g/mol.